The summed E-state index contributed by atoms with van der Waals surface area (Å²) in [6.45, 7) is 13.8. The predicted octanol–water partition coefficient (Wildman–Crippen LogP) is 1.66. The van der Waals surface area contributed by atoms with Gasteiger partial charge in [0.05, 0.1) is 12.6 Å². The van der Waals surface area contributed by atoms with Crippen LogP contribution in [-0.4, -0.2) is 56.7 Å². The van der Waals surface area contributed by atoms with Crippen LogP contribution in [0.3, 0.4) is 0 Å². The second-order valence-electron chi connectivity index (χ2n) is 8.08. The van der Waals surface area contributed by atoms with Crippen molar-refractivity contribution < 1.29 is 19.2 Å². The van der Waals surface area contributed by atoms with Gasteiger partial charge in [0, 0.05) is 29.9 Å². The van der Waals surface area contributed by atoms with E-state index >= 15 is 0 Å². The van der Waals surface area contributed by atoms with Crippen molar-refractivity contribution in [2.75, 3.05) is 19.7 Å². The molecule has 0 aromatic heterocycles. The van der Waals surface area contributed by atoms with Gasteiger partial charge in [0.25, 0.3) is 0 Å². The molecule has 22 heavy (non-hydrogen) atoms. The molecule has 1 fully saturated rings. The molecule has 1 saturated heterocycles. The van der Waals surface area contributed by atoms with E-state index in [2.05, 4.69) is 4.72 Å². The average Bonchev–Trinajstić information content (AvgIpc) is 2.24. The molecule has 1 amide bonds. The number of amides is 1. The van der Waals surface area contributed by atoms with E-state index in [0.717, 1.165) is 0 Å². The molecule has 0 aromatic rings. The fourth-order valence-electron chi connectivity index (χ4n) is 2.14. The maximum Gasteiger partial charge on any atom is 0.410 e. The van der Waals surface area contributed by atoms with Crippen molar-refractivity contribution in [2.24, 2.45) is 5.41 Å². The van der Waals surface area contributed by atoms with Gasteiger partial charge in [-0.3, -0.25) is 0 Å². The lowest BCUT2D eigenvalue weighted by Crippen LogP contribution is -2.68. The molecule has 6 nitrogen and oxygen atoms in total. The first-order valence-corrected chi connectivity index (χ1v) is 8.72. The summed E-state index contributed by atoms with van der Waals surface area (Å²) < 4.78 is 20.2. The van der Waals surface area contributed by atoms with E-state index in [0.29, 0.717) is 13.1 Å². The van der Waals surface area contributed by atoms with Crippen molar-refractivity contribution in [3.63, 3.8) is 0 Å². The monoisotopic (exact) mass is 334 g/mol. The highest BCUT2D eigenvalue weighted by Gasteiger charge is 2.51. The highest BCUT2D eigenvalue weighted by molar-refractivity contribution is 7.90. The Labute approximate surface area is 136 Å². The Morgan fingerprint density at radius 1 is 1.36 bits per heavy atom. The zero-order valence-corrected chi connectivity index (χ0v) is 15.5. The van der Waals surface area contributed by atoms with Crippen LogP contribution in [0.4, 0.5) is 4.79 Å². The van der Waals surface area contributed by atoms with Gasteiger partial charge in [-0.2, -0.15) is 0 Å². The van der Waals surface area contributed by atoms with Crippen LogP contribution in [0, 0.1) is 5.41 Å². The number of rotatable bonds is 4. The largest absolute Gasteiger partial charge is 0.598 e. The topological polar surface area (TPSA) is 84.9 Å². The van der Waals surface area contributed by atoms with E-state index in [9.17, 15) is 14.5 Å². The molecule has 2 N–H and O–H groups in total. The molecule has 1 unspecified atom stereocenters. The lowest BCUT2D eigenvalue weighted by molar-refractivity contribution is -0.0673. The minimum atomic E-state index is -1.22. The summed E-state index contributed by atoms with van der Waals surface area (Å²) in [4.78, 5) is 13.6. The van der Waals surface area contributed by atoms with E-state index in [1.165, 1.54) is 0 Å². The van der Waals surface area contributed by atoms with Gasteiger partial charge in [-0.25, -0.2) is 4.79 Å². The third kappa shape index (κ3) is 4.75. The summed E-state index contributed by atoms with van der Waals surface area (Å²) in [5.41, 5.74) is -1.01. The number of aliphatic hydroxyl groups excluding tert-OH is 1. The van der Waals surface area contributed by atoms with Crippen LogP contribution >= 0.6 is 0 Å². The molecule has 1 aliphatic heterocycles. The third-order valence-corrected chi connectivity index (χ3v) is 5.42. The molecule has 1 heterocycles. The van der Waals surface area contributed by atoms with E-state index in [1.54, 1.807) is 4.90 Å². The second kappa shape index (κ2) is 6.55. The van der Waals surface area contributed by atoms with Crippen molar-refractivity contribution in [1.29, 1.82) is 0 Å². The SMILES string of the molecule is CC(N[S@+]([O-])C(C)(C)C)C1(CO)CN(C(=O)OC(C)(C)C)C1. The quantitative estimate of drug-likeness (QED) is 0.764. The first kappa shape index (κ1) is 19.5. The number of hydrogen-bond donors (Lipinski definition) is 2. The predicted molar refractivity (Wildman–Crippen MR) is 87.8 cm³/mol. The van der Waals surface area contributed by atoms with Crippen molar-refractivity contribution in [3.05, 3.63) is 0 Å². The maximum absolute atomic E-state index is 12.2. The standard InChI is InChI=1S/C15H30N2O4S/c1-11(16-22(20)14(5,6)7)15(10-18)8-17(9-15)12(19)21-13(2,3)4/h11,16,18H,8-10H2,1-7H3/t11?,22-/m1/s1. The lowest BCUT2D eigenvalue weighted by Gasteiger charge is -2.52. The van der Waals surface area contributed by atoms with Gasteiger partial charge in [0.15, 0.2) is 0 Å². The third-order valence-electron chi connectivity index (χ3n) is 3.74. The molecule has 0 spiro atoms. The highest BCUT2D eigenvalue weighted by Crippen LogP contribution is 2.35. The molecule has 0 bridgehead atoms. The van der Waals surface area contributed by atoms with Gasteiger partial charge in [-0.05, 0) is 48.5 Å². The number of ether oxygens (including phenoxy) is 1. The molecule has 0 aliphatic carbocycles. The molecule has 0 radical (unpaired) electrons. The van der Waals surface area contributed by atoms with Crippen LogP contribution in [0.5, 0.6) is 0 Å². The molecular formula is C15H30N2O4S. The van der Waals surface area contributed by atoms with Crippen LogP contribution in [-0.2, 0) is 16.1 Å². The number of carbonyl (C=O) groups excluding carboxylic acids is 1. The zero-order chi connectivity index (χ0) is 17.3. The summed E-state index contributed by atoms with van der Waals surface area (Å²) in [6, 6.07) is -0.170. The van der Waals surface area contributed by atoms with E-state index < -0.39 is 22.4 Å². The maximum atomic E-state index is 12.2. The molecule has 2 atom stereocenters. The number of likely N-dealkylation sites (tertiary alicyclic amines) is 1. The minimum Gasteiger partial charge on any atom is -0.598 e. The highest BCUT2D eigenvalue weighted by atomic mass is 32.2. The Bertz CT molecular complexity index is 397. The molecular weight excluding hydrogens is 304 g/mol. The van der Waals surface area contributed by atoms with Crippen molar-refractivity contribution in [3.8, 4) is 0 Å². The smallest absolute Gasteiger partial charge is 0.410 e. The minimum absolute atomic E-state index is 0.0677. The van der Waals surface area contributed by atoms with Crippen LogP contribution < -0.4 is 4.72 Å². The van der Waals surface area contributed by atoms with Gasteiger partial charge in [-0.1, -0.05) is 0 Å². The van der Waals surface area contributed by atoms with Crippen molar-refractivity contribution in [2.45, 2.75) is 64.9 Å². The van der Waals surface area contributed by atoms with Crippen molar-refractivity contribution >= 4 is 17.5 Å². The Morgan fingerprint density at radius 2 is 1.86 bits per heavy atom. The molecule has 0 saturated carbocycles. The van der Waals surface area contributed by atoms with Gasteiger partial charge in [0.1, 0.15) is 10.3 Å². The van der Waals surface area contributed by atoms with E-state index in [-0.39, 0.29) is 23.5 Å². The van der Waals surface area contributed by atoms with E-state index in [4.69, 9.17) is 4.74 Å². The number of nitrogens with one attached hydrogen (secondary N) is 1. The Kier molecular flexibility index (Phi) is 5.82. The van der Waals surface area contributed by atoms with Gasteiger partial charge in [-0.15, -0.1) is 4.72 Å². The number of aliphatic hydroxyl groups is 1. The Morgan fingerprint density at radius 3 is 2.23 bits per heavy atom. The average molecular weight is 334 g/mol. The molecule has 0 aromatic carbocycles. The van der Waals surface area contributed by atoms with Crippen LogP contribution in [0.1, 0.15) is 48.5 Å². The normalized spacial score (nSPS) is 21.0. The fraction of sp³-hybridized carbons (Fsp3) is 0.933. The van der Waals surface area contributed by atoms with E-state index in [1.807, 2.05) is 48.5 Å². The van der Waals surface area contributed by atoms with Crippen LogP contribution in [0.2, 0.25) is 0 Å². The second-order valence-corrected chi connectivity index (χ2v) is 10.1. The summed E-state index contributed by atoms with van der Waals surface area (Å²) in [5, 5.41) is 9.74. The Balaban J connectivity index is 2.61. The van der Waals surface area contributed by atoms with Gasteiger partial charge < -0.3 is 19.3 Å². The summed E-state index contributed by atoms with van der Waals surface area (Å²) >= 11 is -1.22. The van der Waals surface area contributed by atoms with Crippen molar-refractivity contribution in [1.82, 2.24) is 9.62 Å². The first-order valence-electron chi connectivity index (χ1n) is 7.57. The molecule has 1 aliphatic rings. The summed E-state index contributed by atoms with van der Waals surface area (Å²) in [6.07, 6.45) is -0.374. The number of hydrogen-bond acceptors (Lipinski definition) is 5. The first-order chi connectivity index (χ1) is 9.81. The Hall–Kier alpha value is -0.500. The summed E-state index contributed by atoms with van der Waals surface area (Å²) in [7, 11) is 0. The number of carbonyl (C=O) groups is 1. The number of nitrogens with zero attached hydrogens (tertiary/aromatic N) is 1. The lowest BCUT2D eigenvalue weighted by atomic mass is 9.75. The van der Waals surface area contributed by atoms with Gasteiger partial charge in [0.2, 0.25) is 0 Å². The molecule has 1 rings (SSSR count). The summed E-state index contributed by atoms with van der Waals surface area (Å²) in [5.74, 6) is 0. The molecule has 130 valence electrons. The van der Waals surface area contributed by atoms with Gasteiger partial charge >= 0.3 is 6.09 Å². The van der Waals surface area contributed by atoms with Crippen LogP contribution in [0.25, 0.3) is 0 Å². The van der Waals surface area contributed by atoms with Crippen LogP contribution in [0.15, 0.2) is 0 Å². The molecule has 7 heteroatoms. The fourth-order valence-corrected chi connectivity index (χ4v) is 3.07. The zero-order valence-electron chi connectivity index (χ0n) is 14.7.